The number of aromatic nitrogens is 2. The van der Waals surface area contributed by atoms with E-state index in [0.29, 0.717) is 5.56 Å². The SMILES string of the molecule is COCC(NC(=O)C(COCc1ccccc1)NS(=O)(=O)c1ccc(C)cc1)C(=O)NC(CC(C)C)C(=O)c1nnc(-c2ccccc2)o1. The van der Waals surface area contributed by atoms with E-state index in [4.69, 9.17) is 13.9 Å². The fourth-order valence-electron chi connectivity index (χ4n) is 4.77. The summed E-state index contributed by atoms with van der Waals surface area (Å²) >= 11 is 0. The fourth-order valence-corrected chi connectivity index (χ4v) is 5.95. The van der Waals surface area contributed by atoms with Gasteiger partial charge in [-0.1, -0.05) is 80.1 Å². The first kappa shape index (κ1) is 37.1. The van der Waals surface area contributed by atoms with Crippen LogP contribution in [0.15, 0.2) is 94.2 Å². The van der Waals surface area contributed by atoms with Gasteiger partial charge < -0.3 is 24.5 Å². The molecule has 0 spiro atoms. The molecule has 13 nitrogen and oxygen atoms in total. The van der Waals surface area contributed by atoms with E-state index in [1.54, 1.807) is 36.4 Å². The second kappa shape index (κ2) is 17.6. The maximum atomic E-state index is 13.6. The number of rotatable bonds is 18. The Bertz CT molecular complexity index is 1780. The standard InChI is InChI=1S/C35H41N5O8S/c1-23(2)19-28(31(41)35-39-38-34(48-35)26-13-9-6-10-14-26)36-32(42)29(21-46-4)37-33(43)30(22-47-20-25-11-7-5-8-12-25)40-49(44,45)27-17-15-24(3)16-18-27/h5-18,23,28-30,40H,19-22H2,1-4H3,(H,36,42)(H,37,43). The first-order valence-corrected chi connectivity index (χ1v) is 17.2. The zero-order valence-corrected chi connectivity index (χ0v) is 28.6. The van der Waals surface area contributed by atoms with Gasteiger partial charge in [0.2, 0.25) is 33.5 Å². The monoisotopic (exact) mass is 691 g/mol. The highest BCUT2D eigenvalue weighted by Crippen LogP contribution is 2.19. The molecule has 3 unspecified atom stereocenters. The number of carbonyl (C=O) groups is 3. The van der Waals surface area contributed by atoms with Crippen LogP contribution in [0.5, 0.6) is 0 Å². The van der Waals surface area contributed by atoms with E-state index < -0.39 is 45.7 Å². The first-order valence-electron chi connectivity index (χ1n) is 15.7. The number of amides is 2. The lowest BCUT2D eigenvalue weighted by molar-refractivity contribution is -0.132. The molecule has 0 saturated heterocycles. The number of Topliss-reactive ketones (excluding diaryl/α,β-unsaturated/α-hetero) is 1. The van der Waals surface area contributed by atoms with Gasteiger partial charge in [0, 0.05) is 12.7 Å². The van der Waals surface area contributed by atoms with Crippen LogP contribution in [0.1, 0.15) is 42.1 Å². The van der Waals surface area contributed by atoms with Crippen molar-refractivity contribution in [2.24, 2.45) is 5.92 Å². The van der Waals surface area contributed by atoms with Crippen molar-refractivity contribution in [3.05, 3.63) is 102 Å². The number of benzene rings is 3. The third-order valence-corrected chi connectivity index (χ3v) is 8.79. The number of ketones is 1. The van der Waals surface area contributed by atoms with Gasteiger partial charge in [-0.25, -0.2) is 8.42 Å². The number of hydrogen-bond acceptors (Lipinski definition) is 10. The van der Waals surface area contributed by atoms with E-state index in [-0.39, 0.29) is 48.8 Å². The Morgan fingerprint density at radius 3 is 2.04 bits per heavy atom. The van der Waals surface area contributed by atoms with Crippen LogP contribution in [0.3, 0.4) is 0 Å². The van der Waals surface area contributed by atoms with Crippen LogP contribution in [-0.2, 0) is 35.7 Å². The summed E-state index contributed by atoms with van der Waals surface area (Å²) in [5, 5.41) is 13.1. The van der Waals surface area contributed by atoms with Gasteiger partial charge in [0.25, 0.3) is 5.89 Å². The Balaban J connectivity index is 1.50. The van der Waals surface area contributed by atoms with E-state index in [1.807, 2.05) is 57.2 Å². The third kappa shape index (κ3) is 10.9. The Labute approximate surface area is 285 Å². The molecule has 0 bridgehead atoms. The average molecular weight is 692 g/mol. The molecule has 3 aromatic carbocycles. The number of nitrogens with one attached hydrogen (secondary N) is 3. The summed E-state index contributed by atoms with van der Waals surface area (Å²) in [6.45, 7) is 5.07. The van der Waals surface area contributed by atoms with Crippen LogP contribution in [0.25, 0.3) is 11.5 Å². The smallest absolute Gasteiger partial charge is 0.286 e. The van der Waals surface area contributed by atoms with Crippen LogP contribution in [0, 0.1) is 12.8 Å². The van der Waals surface area contributed by atoms with Gasteiger partial charge in [0.15, 0.2) is 0 Å². The number of aryl methyl sites for hydroxylation is 1. The maximum Gasteiger partial charge on any atom is 0.286 e. The molecule has 3 atom stereocenters. The second-order valence-corrected chi connectivity index (χ2v) is 13.6. The van der Waals surface area contributed by atoms with E-state index in [0.717, 1.165) is 11.1 Å². The zero-order valence-electron chi connectivity index (χ0n) is 27.8. The van der Waals surface area contributed by atoms with E-state index >= 15 is 0 Å². The summed E-state index contributed by atoms with van der Waals surface area (Å²) in [5.41, 5.74) is 2.30. The number of ether oxygens (including phenoxy) is 2. The summed E-state index contributed by atoms with van der Waals surface area (Å²) in [7, 11) is -2.83. The number of hydrogen-bond donors (Lipinski definition) is 3. The van der Waals surface area contributed by atoms with Crippen molar-refractivity contribution in [2.45, 2.75) is 56.8 Å². The molecular formula is C35H41N5O8S. The van der Waals surface area contributed by atoms with Gasteiger partial charge in [0.05, 0.1) is 30.8 Å². The van der Waals surface area contributed by atoms with Crippen molar-refractivity contribution in [1.82, 2.24) is 25.6 Å². The molecule has 0 aliphatic carbocycles. The maximum absolute atomic E-state index is 13.6. The molecule has 14 heteroatoms. The highest BCUT2D eigenvalue weighted by atomic mass is 32.2. The molecule has 0 radical (unpaired) electrons. The summed E-state index contributed by atoms with van der Waals surface area (Å²) < 4.78 is 45.6. The Morgan fingerprint density at radius 1 is 0.796 bits per heavy atom. The minimum atomic E-state index is -4.17. The molecule has 0 fully saturated rings. The lowest BCUT2D eigenvalue weighted by atomic mass is 9.99. The second-order valence-electron chi connectivity index (χ2n) is 11.8. The number of nitrogens with zero attached hydrogens (tertiary/aromatic N) is 2. The third-order valence-electron chi connectivity index (χ3n) is 7.30. The molecule has 4 rings (SSSR count). The van der Waals surface area contributed by atoms with E-state index in [9.17, 15) is 22.8 Å². The van der Waals surface area contributed by atoms with Crippen molar-refractivity contribution < 1.29 is 36.7 Å². The van der Waals surface area contributed by atoms with Crippen molar-refractivity contribution in [3.8, 4) is 11.5 Å². The minimum absolute atomic E-state index is 0.0245. The average Bonchev–Trinajstić information content (AvgIpc) is 3.58. The van der Waals surface area contributed by atoms with Gasteiger partial charge in [-0.2, -0.15) is 4.72 Å². The largest absolute Gasteiger partial charge is 0.414 e. The highest BCUT2D eigenvalue weighted by molar-refractivity contribution is 7.89. The summed E-state index contributed by atoms with van der Waals surface area (Å²) in [6, 6.07) is 20.4. The Morgan fingerprint density at radius 2 is 1.41 bits per heavy atom. The van der Waals surface area contributed by atoms with Crippen molar-refractivity contribution in [1.29, 1.82) is 0 Å². The zero-order chi connectivity index (χ0) is 35.4. The lowest BCUT2D eigenvalue weighted by Gasteiger charge is -2.25. The number of carbonyl (C=O) groups excluding carboxylic acids is 3. The Kier molecular flexibility index (Phi) is 13.3. The molecular weight excluding hydrogens is 650 g/mol. The number of sulfonamides is 1. The van der Waals surface area contributed by atoms with Gasteiger partial charge in [-0.15, -0.1) is 10.2 Å². The van der Waals surface area contributed by atoms with Gasteiger partial charge in [-0.05, 0) is 49.1 Å². The van der Waals surface area contributed by atoms with Gasteiger partial charge in [0.1, 0.15) is 12.1 Å². The van der Waals surface area contributed by atoms with Crippen LogP contribution >= 0.6 is 0 Å². The first-order chi connectivity index (χ1) is 23.5. The lowest BCUT2D eigenvalue weighted by Crippen LogP contribution is -2.58. The topological polar surface area (TPSA) is 179 Å². The molecule has 4 aromatic rings. The minimum Gasteiger partial charge on any atom is -0.414 e. The van der Waals surface area contributed by atoms with Crippen molar-refractivity contribution >= 4 is 27.6 Å². The summed E-state index contributed by atoms with van der Waals surface area (Å²) in [5.74, 6) is -2.32. The quantitative estimate of drug-likeness (QED) is 0.131. The molecule has 0 aliphatic rings. The molecule has 2 amide bonds. The van der Waals surface area contributed by atoms with Crippen LogP contribution in [-0.4, -0.2) is 74.7 Å². The van der Waals surface area contributed by atoms with Crippen LogP contribution < -0.4 is 15.4 Å². The Hall–Kier alpha value is -4.76. The van der Waals surface area contributed by atoms with E-state index in [2.05, 4.69) is 25.6 Å². The van der Waals surface area contributed by atoms with Crippen LogP contribution in [0.2, 0.25) is 0 Å². The molecule has 0 saturated carbocycles. The summed E-state index contributed by atoms with van der Waals surface area (Å²) in [4.78, 5) is 40.7. The molecule has 49 heavy (non-hydrogen) atoms. The van der Waals surface area contributed by atoms with Gasteiger partial charge in [-0.3, -0.25) is 14.4 Å². The van der Waals surface area contributed by atoms with Crippen molar-refractivity contribution in [3.63, 3.8) is 0 Å². The molecule has 1 heterocycles. The van der Waals surface area contributed by atoms with E-state index in [1.165, 1.54) is 19.2 Å². The molecule has 260 valence electrons. The van der Waals surface area contributed by atoms with Crippen molar-refractivity contribution in [2.75, 3.05) is 20.3 Å². The van der Waals surface area contributed by atoms with Gasteiger partial charge >= 0.3 is 0 Å². The summed E-state index contributed by atoms with van der Waals surface area (Å²) in [6.07, 6.45) is 0.230. The molecule has 0 aliphatic heterocycles. The molecule has 1 aromatic heterocycles. The normalized spacial score (nSPS) is 13.4. The van der Waals surface area contributed by atoms with Crippen LogP contribution in [0.4, 0.5) is 0 Å². The highest BCUT2D eigenvalue weighted by Gasteiger charge is 2.33. The fraction of sp³-hybridized carbons (Fsp3) is 0.343. The number of methoxy groups -OCH3 is 1. The molecule has 3 N–H and O–H groups in total. The predicted molar refractivity (Wildman–Crippen MR) is 181 cm³/mol. The predicted octanol–water partition coefficient (Wildman–Crippen LogP) is 3.45.